The summed E-state index contributed by atoms with van der Waals surface area (Å²) in [6, 6.07) is 22.9. The third kappa shape index (κ3) is 5.18. The molecule has 164 valence electrons. The van der Waals surface area contributed by atoms with Crippen molar-refractivity contribution in [1.29, 1.82) is 0 Å². The first-order chi connectivity index (χ1) is 15.6. The van der Waals surface area contributed by atoms with Crippen molar-refractivity contribution in [1.82, 2.24) is 5.32 Å². The van der Waals surface area contributed by atoms with Crippen molar-refractivity contribution < 1.29 is 23.8 Å². The van der Waals surface area contributed by atoms with Gasteiger partial charge in [0.25, 0.3) is 5.91 Å². The number of anilines is 1. The number of para-hydroxylation sites is 2. The van der Waals surface area contributed by atoms with E-state index in [9.17, 15) is 9.59 Å². The molecule has 1 aliphatic rings. The van der Waals surface area contributed by atoms with Gasteiger partial charge in [0.15, 0.2) is 11.5 Å². The highest BCUT2D eigenvalue weighted by Gasteiger charge is 2.31. The molecule has 7 nitrogen and oxygen atoms in total. The van der Waals surface area contributed by atoms with E-state index in [2.05, 4.69) is 10.6 Å². The molecule has 1 aliphatic heterocycles. The lowest BCUT2D eigenvalue weighted by Gasteiger charge is -2.27. The molecule has 0 saturated carbocycles. The smallest absolute Gasteiger partial charge is 0.265 e. The van der Waals surface area contributed by atoms with Crippen LogP contribution >= 0.6 is 0 Å². The van der Waals surface area contributed by atoms with E-state index in [1.807, 2.05) is 42.5 Å². The fourth-order valence-electron chi connectivity index (χ4n) is 3.40. The quantitative estimate of drug-likeness (QED) is 0.599. The Bertz CT molecular complexity index is 1090. The number of carbonyl (C=O) groups excluding carboxylic acids is 2. The lowest BCUT2D eigenvalue weighted by atomic mass is 10.0. The number of carbonyl (C=O) groups is 2. The van der Waals surface area contributed by atoms with Gasteiger partial charge in [0.2, 0.25) is 12.0 Å². The summed E-state index contributed by atoms with van der Waals surface area (Å²) in [5.74, 6) is 0.958. The molecule has 0 spiro atoms. The number of amides is 2. The van der Waals surface area contributed by atoms with Crippen LogP contribution in [-0.2, 0) is 16.0 Å². The number of hydrogen-bond donors (Lipinski definition) is 2. The van der Waals surface area contributed by atoms with Crippen LogP contribution in [0, 0.1) is 0 Å². The van der Waals surface area contributed by atoms with E-state index in [1.165, 1.54) is 0 Å². The fraction of sp³-hybridized carbons (Fsp3) is 0.200. The third-order valence-corrected chi connectivity index (χ3v) is 5.05. The standard InChI is InChI=1S/C25H24N2O5/c1-30-19-11-7-10-18(15-19)26-24(28)20(14-17-8-3-2-4-9-17)27-25(29)23-16-31-21-12-5-6-13-22(21)32-23/h2-13,15,20,23H,14,16H2,1H3,(H,26,28)(H,27,29)/t20-,23?/m1/s1. The largest absolute Gasteiger partial charge is 0.497 e. The summed E-state index contributed by atoms with van der Waals surface area (Å²) in [6.07, 6.45) is -0.528. The van der Waals surface area contributed by atoms with Gasteiger partial charge < -0.3 is 24.8 Å². The highest BCUT2D eigenvalue weighted by Crippen LogP contribution is 2.31. The Hall–Kier alpha value is -4.00. The maximum absolute atomic E-state index is 13.1. The number of benzene rings is 3. The van der Waals surface area contributed by atoms with Crippen LogP contribution in [0.25, 0.3) is 0 Å². The predicted molar refractivity (Wildman–Crippen MR) is 120 cm³/mol. The summed E-state index contributed by atoms with van der Waals surface area (Å²) in [6.45, 7) is 0.0679. The monoisotopic (exact) mass is 432 g/mol. The fourth-order valence-corrected chi connectivity index (χ4v) is 3.40. The zero-order valence-corrected chi connectivity index (χ0v) is 17.6. The number of rotatable bonds is 7. The molecule has 0 aromatic heterocycles. The van der Waals surface area contributed by atoms with Crippen molar-refractivity contribution in [2.24, 2.45) is 0 Å². The molecule has 2 N–H and O–H groups in total. The molecule has 2 atom stereocenters. The first-order valence-corrected chi connectivity index (χ1v) is 10.3. The van der Waals surface area contributed by atoms with Crippen molar-refractivity contribution in [2.45, 2.75) is 18.6 Å². The van der Waals surface area contributed by atoms with Crippen LogP contribution in [0.15, 0.2) is 78.9 Å². The second-order valence-electron chi connectivity index (χ2n) is 7.34. The molecule has 0 radical (unpaired) electrons. The Balaban J connectivity index is 1.48. The Morgan fingerprint density at radius 2 is 1.75 bits per heavy atom. The van der Waals surface area contributed by atoms with Gasteiger partial charge in [0.05, 0.1) is 7.11 Å². The van der Waals surface area contributed by atoms with E-state index in [1.54, 1.807) is 43.5 Å². The average molecular weight is 432 g/mol. The summed E-state index contributed by atoms with van der Waals surface area (Å²) in [5, 5.41) is 5.68. The van der Waals surface area contributed by atoms with Crippen LogP contribution < -0.4 is 24.8 Å². The molecule has 0 bridgehead atoms. The Labute approximate surface area is 186 Å². The average Bonchev–Trinajstić information content (AvgIpc) is 2.84. The van der Waals surface area contributed by atoms with Crippen LogP contribution in [0.4, 0.5) is 5.69 Å². The number of methoxy groups -OCH3 is 1. The molecular weight excluding hydrogens is 408 g/mol. The first-order valence-electron chi connectivity index (χ1n) is 10.3. The number of ether oxygens (including phenoxy) is 3. The van der Waals surface area contributed by atoms with Crippen molar-refractivity contribution in [3.63, 3.8) is 0 Å². The van der Waals surface area contributed by atoms with Gasteiger partial charge in [-0.3, -0.25) is 9.59 Å². The highest BCUT2D eigenvalue weighted by atomic mass is 16.6. The van der Waals surface area contributed by atoms with Gasteiger partial charge in [-0.1, -0.05) is 48.5 Å². The van der Waals surface area contributed by atoms with Crippen LogP contribution in [0.5, 0.6) is 17.2 Å². The second kappa shape index (κ2) is 9.87. The maximum atomic E-state index is 13.1. The topological polar surface area (TPSA) is 85.9 Å². The van der Waals surface area contributed by atoms with Gasteiger partial charge in [-0.05, 0) is 29.8 Å². The summed E-state index contributed by atoms with van der Waals surface area (Å²) in [7, 11) is 1.56. The van der Waals surface area contributed by atoms with Gasteiger partial charge in [0.1, 0.15) is 18.4 Å². The predicted octanol–water partition coefficient (Wildman–Crippen LogP) is 3.20. The summed E-state index contributed by atoms with van der Waals surface area (Å²) in [5.41, 5.74) is 1.50. The number of nitrogens with one attached hydrogen (secondary N) is 2. The van der Waals surface area contributed by atoms with Gasteiger partial charge in [-0.15, -0.1) is 0 Å². The molecule has 7 heteroatoms. The minimum Gasteiger partial charge on any atom is -0.497 e. The van der Waals surface area contributed by atoms with Gasteiger partial charge in [-0.2, -0.15) is 0 Å². The molecule has 3 aromatic carbocycles. The Kier molecular flexibility index (Phi) is 6.55. The molecule has 0 aliphatic carbocycles. The molecule has 4 rings (SSSR count). The lowest BCUT2D eigenvalue weighted by molar-refractivity contribution is -0.133. The first kappa shape index (κ1) is 21.2. The van der Waals surface area contributed by atoms with Crippen molar-refractivity contribution in [2.75, 3.05) is 19.0 Å². The van der Waals surface area contributed by atoms with E-state index < -0.39 is 18.1 Å². The van der Waals surface area contributed by atoms with E-state index in [-0.39, 0.29) is 12.5 Å². The van der Waals surface area contributed by atoms with E-state index in [4.69, 9.17) is 14.2 Å². The van der Waals surface area contributed by atoms with Crippen LogP contribution in [0.2, 0.25) is 0 Å². The van der Waals surface area contributed by atoms with Crippen molar-refractivity contribution >= 4 is 17.5 Å². The third-order valence-electron chi connectivity index (χ3n) is 5.05. The molecule has 2 amide bonds. The summed E-state index contributed by atoms with van der Waals surface area (Å²) < 4.78 is 16.6. The molecule has 1 unspecified atom stereocenters. The lowest BCUT2D eigenvalue weighted by Crippen LogP contribution is -2.52. The summed E-state index contributed by atoms with van der Waals surface area (Å²) >= 11 is 0. The number of fused-ring (bicyclic) bond motifs is 1. The van der Waals surface area contributed by atoms with Crippen LogP contribution in [-0.4, -0.2) is 37.7 Å². The van der Waals surface area contributed by atoms with Crippen LogP contribution in [0.3, 0.4) is 0 Å². The Morgan fingerprint density at radius 1 is 1.00 bits per heavy atom. The van der Waals surface area contributed by atoms with E-state index in [0.717, 1.165) is 5.56 Å². The maximum Gasteiger partial charge on any atom is 0.265 e. The van der Waals surface area contributed by atoms with Crippen molar-refractivity contribution in [3.8, 4) is 17.2 Å². The highest BCUT2D eigenvalue weighted by molar-refractivity contribution is 5.98. The summed E-state index contributed by atoms with van der Waals surface area (Å²) in [4.78, 5) is 26.0. The number of hydrogen-bond acceptors (Lipinski definition) is 5. The SMILES string of the molecule is COc1cccc(NC(=O)[C@@H](Cc2ccccc2)NC(=O)C2COc3ccccc3O2)c1. The molecule has 0 fully saturated rings. The Morgan fingerprint density at radius 3 is 2.53 bits per heavy atom. The molecule has 0 saturated heterocycles. The van der Waals surface area contributed by atoms with Crippen molar-refractivity contribution in [3.05, 3.63) is 84.4 Å². The molecule has 3 aromatic rings. The van der Waals surface area contributed by atoms with E-state index >= 15 is 0 Å². The molecular formula is C25H24N2O5. The molecule has 32 heavy (non-hydrogen) atoms. The zero-order valence-electron chi connectivity index (χ0n) is 17.6. The van der Waals surface area contributed by atoms with Gasteiger partial charge in [0, 0.05) is 18.2 Å². The second-order valence-corrected chi connectivity index (χ2v) is 7.34. The zero-order chi connectivity index (χ0) is 22.3. The minimum absolute atomic E-state index is 0.0679. The minimum atomic E-state index is -0.854. The normalized spacial score (nSPS) is 15.3. The van der Waals surface area contributed by atoms with Crippen LogP contribution in [0.1, 0.15) is 5.56 Å². The van der Waals surface area contributed by atoms with E-state index in [0.29, 0.717) is 29.4 Å². The van der Waals surface area contributed by atoms with Gasteiger partial charge in [-0.25, -0.2) is 0 Å². The molecule has 1 heterocycles. The van der Waals surface area contributed by atoms with Gasteiger partial charge >= 0.3 is 0 Å².